The van der Waals surface area contributed by atoms with E-state index in [1.807, 2.05) is 12.3 Å². The highest BCUT2D eigenvalue weighted by atomic mass is 35.5. The summed E-state index contributed by atoms with van der Waals surface area (Å²) in [5.74, 6) is 0.891. The molecule has 0 spiro atoms. The Morgan fingerprint density at radius 2 is 2.22 bits per heavy atom. The number of piperidine rings is 1. The van der Waals surface area contributed by atoms with Crippen LogP contribution in [0.4, 0.5) is 11.5 Å². The fraction of sp³-hybridized carbons (Fsp3) is 0.312. The predicted molar refractivity (Wildman–Crippen MR) is 92.0 cm³/mol. The summed E-state index contributed by atoms with van der Waals surface area (Å²) in [6, 6.07) is 8.46. The number of aromatic nitrogens is 4. The molecule has 1 aliphatic heterocycles. The van der Waals surface area contributed by atoms with Crippen molar-refractivity contribution >= 4 is 34.0 Å². The molecular weight excluding hydrogens is 312 g/mol. The van der Waals surface area contributed by atoms with Crippen LogP contribution in [0, 0.1) is 0 Å². The summed E-state index contributed by atoms with van der Waals surface area (Å²) >= 11 is 5.97. The lowest BCUT2D eigenvalue weighted by Crippen LogP contribution is -2.42. The third kappa shape index (κ3) is 3.07. The molecule has 1 aliphatic rings. The normalized spacial score (nSPS) is 18.3. The first-order valence-corrected chi connectivity index (χ1v) is 8.08. The molecule has 0 aliphatic carbocycles. The molecule has 6 nitrogen and oxygen atoms in total. The predicted octanol–water partition coefficient (Wildman–Crippen LogP) is 3.09. The van der Waals surface area contributed by atoms with Gasteiger partial charge in [0.05, 0.1) is 11.7 Å². The summed E-state index contributed by atoms with van der Waals surface area (Å²) in [5.41, 5.74) is 2.17. The molecule has 0 saturated carbocycles. The Balaban J connectivity index is 1.48. The number of benzene rings is 1. The van der Waals surface area contributed by atoms with Crippen LogP contribution in [-0.4, -0.2) is 39.3 Å². The van der Waals surface area contributed by atoms with Crippen molar-refractivity contribution in [2.24, 2.45) is 0 Å². The SMILES string of the molecule is Clc1cc(N2CCCC(Nc3ccc4[nH]ncc4c3)C2)ncn1. The zero-order chi connectivity index (χ0) is 15.6. The van der Waals surface area contributed by atoms with E-state index in [9.17, 15) is 0 Å². The standard InChI is InChI=1S/C16H17ClN6/c17-15-7-16(19-10-18-15)23-5-1-2-13(9-23)21-12-3-4-14-11(6-12)8-20-22-14/h3-4,6-8,10,13,21H,1-2,5,9H2,(H,20,22). The highest BCUT2D eigenvalue weighted by Gasteiger charge is 2.21. The van der Waals surface area contributed by atoms with Gasteiger partial charge in [-0.15, -0.1) is 0 Å². The number of hydrogen-bond donors (Lipinski definition) is 2. The minimum Gasteiger partial charge on any atom is -0.381 e. The highest BCUT2D eigenvalue weighted by Crippen LogP contribution is 2.23. The van der Waals surface area contributed by atoms with Crippen molar-refractivity contribution in [2.45, 2.75) is 18.9 Å². The molecule has 23 heavy (non-hydrogen) atoms. The molecule has 3 heterocycles. The molecule has 4 rings (SSSR count). The molecule has 0 radical (unpaired) electrons. The molecule has 7 heteroatoms. The molecule has 2 N–H and O–H groups in total. The summed E-state index contributed by atoms with van der Waals surface area (Å²) in [7, 11) is 0. The number of H-pyrrole nitrogens is 1. The van der Waals surface area contributed by atoms with Crippen molar-refractivity contribution in [1.82, 2.24) is 20.2 Å². The van der Waals surface area contributed by atoms with E-state index in [-0.39, 0.29) is 0 Å². The maximum Gasteiger partial charge on any atom is 0.134 e. The van der Waals surface area contributed by atoms with Gasteiger partial charge in [0, 0.05) is 36.3 Å². The van der Waals surface area contributed by atoms with Gasteiger partial charge in [0.15, 0.2) is 0 Å². The number of nitrogens with one attached hydrogen (secondary N) is 2. The maximum atomic E-state index is 5.97. The van der Waals surface area contributed by atoms with Gasteiger partial charge in [-0.3, -0.25) is 5.10 Å². The van der Waals surface area contributed by atoms with E-state index in [4.69, 9.17) is 11.6 Å². The van der Waals surface area contributed by atoms with Crippen LogP contribution in [0.2, 0.25) is 5.15 Å². The third-order valence-electron chi connectivity index (χ3n) is 4.18. The van der Waals surface area contributed by atoms with Crippen LogP contribution in [0.25, 0.3) is 10.9 Å². The second-order valence-electron chi connectivity index (χ2n) is 5.80. The monoisotopic (exact) mass is 328 g/mol. The van der Waals surface area contributed by atoms with Crippen LogP contribution in [0.15, 0.2) is 36.8 Å². The Labute approximate surface area is 138 Å². The van der Waals surface area contributed by atoms with E-state index in [1.54, 1.807) is 0 Å². The van der Waals surface area contributed by atoms with Gasteiger partial charge in [0.25, 0.3) is 0 Å². The summed E-state index contributed by atoms with van der Waals surface area (Å²) in [5, 5.41) is 12.2. The number of nitrogens with zero attached hydrogens (tertiary/aromatic N) is 4. The Morgan fingerprint density at radius 1 is 1.26 bits per heavy atom. The molecule has 1 aromatic carbocycles. The van der Waals surface area contributed by atoms with Crippen LogP contribution in [0.3, 0.4) is 0 Å². The van der Waals surface area contributed by atoms with Crippen molar-refractivity contribution in [2.75, 3.05) is 23.3 Å². The molecule has 0 amide bonds. The summed E-state index contributed by atoms with van der Waals surface area (Å²) in [4.78, 5) is 10.5. The first-order chi connectivity index (χ1) is 11.3. The smallest absolute Gasteiger partial charge is 0.134 e. The van der Waals surface area contributed by atoms with E-state index in [0.717, 1.165) is 48.3 Å². The molecular formula is C16H17ClN6. The number of rotatable bonds is 3. The molecule has 1 unspecified atom stereocenters. The molecule has 118 valence electrons. The average molecular weight is 329 g/mol. The van der Waals surface area contributed by atoms with Gasteiger partial charge in [-0.25, -0.2) is 9.97 Å². The summed E-state index contributed by atoms with van der Waals surface area (Å²) in [6.45, 7) is 1.89. The fourth-order valence-corrected chi connectivity index (χ4v) is 3.21. The van der Waals surface area contributed by atoms with E-state index >= 15 is 0 Å². The second kappa shape index (κ2) is 6.04. The molecule has 3 aromatic rings. The zero-order valence-corrected chi connectivity index (χ0v) is 13.3. The second-order valence-corrected chi connectivity index (χ2v) is 6.19. The lowest BCUT2D eigenvalue weighted by molar-refractivity contribution is 0.526. The Morgan fingerprint density at radius 3 is 3.13 bits per heavy atom. The molecule has 1 atom stereocenters. The third-order valence-corrected chi connectivity index (χ3v) is 4.38. The van der Waals surface area contributed by atoms with E-state index in [1.165, 1.54) is 6.33 Å². The van der Waals surface area contributed by atoms with Gasteiger partial charge in [-0.05, 0) is 31.0 Å². The molecule has 2 aromatic heterocycles. The van der Waals surface area contributed by atoms with Gasteiger partial charge in [-0.2, -0.15) is 5.10 Å². The van der Waals surface area contributed by atoms with Gasteiger partial charge < -0.3 is 10.2 Å². The lowest BCUT2D eigenvalue weighted by Gasteiger charge is -2.34. The van der Waals surface area contributed by atoms with Gasteiger partial charge in [-0.1, -0.05) is 11.6 Å². The Bertz CT molecular complexity index is 817. The van der Waals surface area contributed by atoms with Crippen molar-refractivity contribution in [1.29, 1.82) is 0 Å². The van der Waals surface area contributed by atoms with Crippen molar-refractivity contribution in [3.8, 4) is 0 Å². The first kappa shape index (κ1) is 14.3. The minimum atomic E-state index is 0.377. The molecule has 1 fully saturated rings. The van der Waals surface area contributed by atoms with Gasteiger partial charge in [0.2, 0.25) is 0 Å². The number of hydrogen-bond acceptors (Lipinski definition) is 5. The van der Waals surface area contributed by atoms with Gasteiger partial charge in [0.1, 0.15) is 17.3 Å². The number of halogens is 1. The van der Waals surface area contributed by atoms with E-state index in [0.29, 0.717) is 11.2 Å². The van der Waals surface area contributed by atoms with Crippen molar-refractivity contribution in [3.05, 3.63) is 41.9 Å². The lowest BCUT2D eigenvalue weighted by atomic mass is 10.1. The number of aromatic amines is 1. The fourth-order valence-electron chi connectivity index (χ4n) is 3.07. The Kier molecular flexibility index (Phi) is 3.75. The molecule has 1 saturated heterocycles. The van der Waals surface area contributed by atoms with Crippen LogP contribution in [0.1, 0.15) is 12.8 Å². The zero-order valence-electron chi connectivity index (χ0n) is 12.5. The Hall–Kier alpha value is -2.34. The van der Waals surface area contributed by atoms with Crippen molar-refractivity contribution < 1.29 is 0 Å². The highest BCUT2D eigenvalue weighted by molar-refractivity contribution is 6.29. The summed E-state index contributed by atoms with van der Waals surface area (Å²) in [6.07, 6.45) is 5.62. The average Bonchev–Trinajstić information content (AvgIpc) is 3.03. The van der Waals surface area contributed by atoms with Crippen LogP contribution in [-0.2, 0) is 0 Å². The number of fused-ring (bicyclic) bond motifs is 1. The van der Waals surface area contributed by atoms with Crippen LogP contribution >= 0.6 is 11.6 Å². The number of anilines is 2. The quantitative estimate of drug-likeness (QED) is 0.723. The topological polar surface area (TPSA) is 69.7 Å². The van der Waals surface area contributed by atoms with E-state index in [2.05, 4.69) is 48.6 Å². The van der Waals surface area contributed by atoms with E-state index < -0.39 is 0 Å². The minimum absolute atomic E-state index is 0.377. The van der Waals surface area contributed by atoms with Crippen LogP contribution in [0.5, 0.6) is 0 Å². The van der Waals surface area contributed by atoms with Gasteiger partial charge >= 0.3 is 0 Å². The summed E-state index contributed by atoms with van der Waals surface area (Å²) < 4.78 is 0. The van der Waals surface area contributed by atoms with Crippen LogP contribution < -0.4 is 10.2 Å². The molecule has 0 bridgehead atoms. The maximum absolute atomic E-state index is 5.97. The first-order valence-electron chi connectivity index (χ1n) is 7.70. The largest absolute Gasteiger partial charge is 0.381 e. The van der Waals surface area contributed by atoms with Crippen molar-refractivity contribution in [3.63, 3.8) is 0 Å².